The van der Waals surface area contributed by atoms with E-state index < -0.39 is 22.3 Å². The fraction of sp³-hybridized carbons (Fsp3) is 0.0909. The number of nitrogens with zero attached hydrogens (tertiary/aromatic N) is 2. The number of carbonyl (C=O) groups is 1. The standard InChI is InChI=1S/C11H8FN3O3S/c12-9-2-1-7(3-10(9)15(17)18)11(16)13-4-8-5-19-6-14-8/h1-3,5-6H,4H2,(H,13,16). The molecule has 98 valence electrons. The van der Waals surface area contributed by atoms with Crippen LogP contribution in [0, 0.1) is 15.9 Å². The molecule has 0 aliphatic heterocycles. The minimum absolute atomic E-state index is 0.0309. The van der Waals surface area contributed by atoms with E-state index in [1.54, 1.807) is 10.9 Å². The lowest BCUT2D eigenvalue weighted by atomic mass is 10.2. The number of benzene rings is 1. The predicted molar refractivity (Wildman–Crippen MR) is 66.3 cm³/mol. The van der Waals surface area contributed by atoms with Gasteiger partial charge in [-0.2, -0.15) is 4.39 Å². The van der Waals surface area contributed by atoms with Crippen LogP contribution in [-0.4, -0.2) is 15.8 Å². The largest absolute Gasteiger partial charge is 0.346 e. The topological polar surface area (TPSA) is 85.1 Å². The number of amides is 1. The van der Waals surface area contributed by atoms with Crippen LogP contribution in [-0.2, 0) is 6.54 Å². The van der Waals surface area contributed by atoms with Crippen molar-refractivity contribution in [2.75, 3.05) is 0 Å². The van der Waals surface area contributed by atoms with E-state index in [0.29, 0.717) is 5.69 Å². The minimum atomic E-state index is -0.971. The smallest absolute Gasteiger partial charge is 0.305 e. The van der Waals surface area contributed by atoms with Gasteiger partial charge in [0.2, 0.25) is 5.82 Å². The molecular formula is C11H8FN3O3S. The van der Waals surface area contributed by atoms with Gasteiger partial charge in [0, 0.05) is 17.0 Å². The zero-order valence-corrected chi connectivity index (χ0v) is 10.3. The summed E-state index contributed by atoms with van der Waals surface area (Å²) in [5.74, 6) is -1.49. The Morgan fingerprint density at radius 1 is 1.53 bits per heavy atom. The number of hydrogen-bond acceptors (Lipinski definition) is 5. The van der Waals surface area contributed by atoms with Crippen molar-refractivity contribution in [3.8, 4) is 0 Å². The van der Waals surface area contributed by atoms with Gasteiger partial charge in [0.25, 0.3) is 5.91 Å². The Hall–Kier alpha value is -2.35. The summed E-state index contributed by atoms with van der Waals surface area (Å²) in [6.45, 7) is 0.216. The maximum Gasteiger partial charge on any atom is 0.305 e. The highest BCUT2D eigenvalue weighted by molar-refractivity contribution is 7.07. The van der Waals surface area contributed by atoms with Crippen molar-refractivity contribution in [2.45, 2.75) is 6.54 Å². The average molecular weight is 281 g/mol. The van der Waals surface area contributed by atoms with Gasteiger partial charge < -0.3 is 5.32 Å². The summed E-state index contributed by atoms with van der Waals surface area (Å²) in [5.41, 5.74) is 1.63. The van der Waals surface area contributed by atoms with Crippen molar-refractivity contribution in [3.63, 3.8) is 0 Å². The van der Waals surface area contributed by atoms with Crippen molar-refractivity contribution >= 4 is 22.9 Å². The summed E-state index contributed by atoms with van der Waals surface area (Å²) >= 11 is 1.39. The Bertz CT molecular complexity index is 616. The van der Waals surface area contributed by atoms with E-state index in [4.69, 9.17) is 0 Å². The van der Waals surface area contributed by atoms with Gasteiger partial charge in [-0.25, -0.2) is 4.98 Å². The summed E-state index contributed by atoms with van der Waals surface area (Å²) in [5, 5.41) is 14.9. The van der Waals surface area contributed by atoms with Crippen molar-refractivity contribution in [2.24, 2.45) is 0 Å². The molecule has 0 spiro atoms. The lowest BCUT2D eigenvalue weighted by molar-refractivity contribution is -0.387. The number of nitro benzene ring substituents is 1. The van der Waals surface area contributed by atoms with Crippen LogP contribution in [0.1, 0.15) is 16.1 Å². The highest BCUT2D eigenvalue weighted by Gasteiger charge is 2.17. The van der Waals surface area contributed by atoms with Crippen LogP contribution in [0.15, 0.2) is 29.1 Å². The Morgan fingerprint density at radius 3 is 2.95 bits per heavy atom. The summed E-state index contributed by atoms with van der Waals surface area (Å²) in [6.07, 6.45) is 0. The molecule has 19 heavy (non-hydrogen) atoms. The molecule has 0 fully saturated rings. The molecule has 0 bridgehead atoms. The maximum absolute atomic E-state index is 13.1. The van der Waals surface area contributed by atoms with Crippen molar-refractivity contribution < 1.29 is 14.1 Å². The third kappa shape index (κ3) is 3.10. The fourth-order valence-corrected chi connectivity index (χ4v) is 1.95. The molecule has 2 rings (SSSR count). The van der Waals surface area contributed by atoms with Crippen LogP contribution in [0.4, 0.5) is 10.1 Å². The van der Waals surface area contributed by atoms with E-state index in [9.17, 15) is 19.3 Å². The Kier molecular flexibility index (Phi) is 3.81. The quantitative estimate of drug-likeness (QED) is 0.687. The molecule has 0 unspecified atom stereocenters. The molecule has 1 amide bonds. The number of hydrogen-bond donors (Lipinski definition) is 1. The highest BCUT2D eigenvalue weighted by atomic mass is 32.1. The fourth-order valence-electron chi connectivity index (χ4n) is 1.39. The molecule has 1 aromatic carbocycles. The van der Waals surface area contributed by atoms with E-state index in [1.165, 1.54) is 17.4 Å². The number of rotatable bonds is 4. The van der Waals surface area contributed by atoms with E-state index in [0.717, 1.165) is 12.1 Å². The first-order chi connectivity index (χ1) is 9.08. The lowest BCUT2D eigenvalue weighted by Gasteiger charge is -2.03. The van der Waals surface area contributed by atoms with Crippen LogP contribution < -0.4 is 5.32 Å². The number of halogens is 1. The van der Waals surface area contributed by atoms with Gasteiger partial charge in [-0.15, -0.1) is 11.3 Å². The zero-order chi connectivity index (χ0) is 13.8. The van der Waals surface area contributed by atoms with Gasteiger partial charge in [-0.1, -0.05) is 0 Å². The summed E-state index contributed by atoms with van der Waals surface area (Å²) < 4.78 is 13.1. The first-order valence-corrected chi connectivity index (χ1v) is 6.11. The van der Waals surface area contributed by atoms with Crippen LogP contribution in [0.25, 0.3) is 0 Å². The third-order valence-electron chi connectivity index (χ3n) is 2.32. The van der Waals surface area contributed by atoms with E-state index >= 15 is 0 Å². The number of thiazole rings is 1. The molecule has 0 radical (unpaired) electrons. The molecule has 2 aromatic rings. The van der Waals surface area contributed by atoms with Gasteiger partial charge in [0.15, 0.2) is 0 Å². The van der Waals surface area contributed by atoms with Crippen molar-refractivity contribution in [3.05, 3.63) is 56.3 Å². The minimum Gasteiger partial charge on any atom is -0.346 e. The summed E-state index contributed by atoms with van der Waals surface area (Å²) in [7, 11) is 0. The molecule has 0 saturated heterocycles. The second kappa shape index (κ2) is 5.53. The maximum atomic E-state index is 13.1. The second-order valence-corrected chi connectivity index (χ2v) is 4.30. The Balaban J connectivity index is 2.11. The average Bonchev–Trinajstić information content (AvgIpc) is 2.89. The number of carbonyl (C=O) groups excluding carboxylic acids is 1. The highest BCUT2D eigenvalue weighted by Crippen LogP contribution is 2.18. The summed E-state index contributed by atoms with van der Waals surface area (Å²) in [4.78, 5) is 25.4. The first-order valence-electron chi connectivity index (χ1n) is 5.17. The molecule has 1 N–H and O–H groups in total. The predicted octanol–water partition coefficient (Wildman–Crippen LogP) is 2.12. The molecule has 1 aromatic heterocycles. The number of nitro groups is 1. The molecule has 0 aliphatic rings. The van der Waals surface area contributed by atoms with E-state index in [-0.39, 0.29) is 12.1 Å². The van der Waals surface area contributed by atoms with Gasteiger partial charge in [0.1, 0.15) is 0 Å². The van der Waals surface area contributed by atoms with Crippen LogP contribution in [0.5, 0.6) is 0 Å². The summed E-state index contributed by atoms with van der Waals surface area (Å²) in [6, 6.07) is 3.00. The Labute approximate surface area is 111 Å². The molecule has 0 atom stereocenters. The van der Waals surface area contributed by atoms with E-state index in [1.807, 2.05) is 0 Å². The molecule has 8 heteroatoms. The monoisotopic (exact) mass is 281 g/mol. The van der Waals surface area contributed by atoms with Crippen LogP contribution in [0.2, 0.25) is 0 Å². The third-order valence-corrected chi connectivity index (χ3v) is 2.95. The molecule has 0 saturated carbocycles. The molecule has 0 aliphatic carbocycles. The Morgan fingerprint density at radius 2 is 2.32 bits per heavy atom. The van der Waals surface area contributed by atoms with Crippen molar-refractivity contribution in [1.82, 2.24) is 10.3 Å². The molecular weight excluding hydrogens is 273 g/mol. The number of aromatic nitrogens is 1. The van der Waals surface area contributed by atoms with Gasteiger partial charge in [-0.3, -0.25) is 14.9 Å². The lowest BCUT2D eigenvalue weighted by Crippen LogP contribution is -2.23. The van der Waals surface area contributed by atoms with E-state index in [2.05, 4.69) is 10.3 Å². The first kappa shape index (κ1) is 13.1. The van der Waals surface area contributed by atoms with Crippen LogP contribution >= 0.6 is 11.3 Å². The van der Waals surface area contributed by atoms with Gasteiger partial charge in [0.05, 0.1) is 22.7 Å². The molecule has 6 nitrogen and oxygen atoms in total. The number of nitrogens with one attached hydrogen (secondary N) is 1. The SMILES string of the molecule is O=C(NCc1cscn1)c1ccc(F)c([N+](=O)[O-])c1. The normalized spacial score (nSPS) is 10.2. The van der Waals surface area contributed by atoms with Crippen molar-refractivity contribution in [1.29, 1.82) is 0 Å². The zero-order valence-electron chi connectivity index (χ0n) is 9.50. The molecule has 1 heterocycles. The van der Waals surface area contributed by atoms with Crippen LogP contribution in [0.3, 0.4) is 0 Å². The van der Waals surface area contributed by atoms with Gasteiger partial charge in [-0.05, 0) is 12.1 Å². The second-order valence-electron chi connectivity index (χ2n) is 3.59. The van der Waals surface area contributed by atoms with Gasteiger partial charge >= 0.3 is 5.69 Å².